The van der Waals surface area contributed by atoms with Gasteiger partial charge in [-0.2, -0.15) is 0 Å². The zero-order valence-corrected chi connectivity index (χ0v) is 12.4. The first kappa shape index (κ1) is 15.1. The van der Waals surface area contributed by atoms with Crippen molar-refractivity contribution in [1.82, 2.24) is 0 Å². The van der Waals surface area contributed by atoms with Gasteiger partial charge in [-0.15, -0.1) is 6.58 Å². The summed E-state index contributed by atoms with van der Waals surface area (Å²) in [7, 11) is 3.31. The van der Waals surface area contributed by atoms with Gasteiger partial charge in [0.05, 0.1) is 20.8 Å². The van der Waals surface area contributed by atoms with Crippen LogP contribution in [0.2, 0.25) is 0 Å². The van der Waals surface area contributed by atoms with Gasteiger partial charge in [0.15, 0.2) is 0 Å². The molecule has 0 aliphatic rings. The number of rotatable bonds is 7. The summed E-state index contributed by atoms with van der Waals surface area (Å²) in [6.07, 6.45) is 1.61. The lowest BCUT2D eigenvalue weighted by Gasteiger charge is -2.18. The van der Waals surface area contributed by atoms with Crippen LogP contribution < -0.4 is 9.47 Å². The molecular weight excluding hydrogens is 264 g/mol. The minimum absolute atomic E-state index is 0.139. The number of methoxy groups -OCH3 is 2. The molecule has 2 rings (SSSR count). The molecular formula is C18H20O3. The summed E-state index contributed by atoms with van der Waals surface area (Å²) >= 11 is 0. The van der Waals surface area contributed by atoms with Gasteiger partial charge in [0.1, 0.15) is 17.6 Å². The van der Waals surface area contributed by atoms with Gasteiger partial charge in [-0.1, -0.05) is 30.3 Å². The molecule has 0 bridgehead atoms. The van der Waals surface area contributed by atoms with Gasteiger partial charge in [-0.3, -0.25) is 0 Å². The van der Waals surface area contributed by atoms with Gasteiger partial charge < -0.3 is 14.2 Å². The van der Waals surface area contributed by atoms with E-state index in [2.05, 4.69) is 6.58 Å². The predicted octanol–water partition coefficient (Wildman–Crippen LogP) is 4.00. The molecule has 0 spiro atoms. The van der Waals surface area contributed by atoms with Crippen LogP contribution in [0, 0.1) is 0 Å². The lowest BCUT2D eigenvalue weighted by atomic mass is 10.0. The van der Waals surface area contributed by atoms with E-state index in [1.165, 1.54) is 0 Å². The van der Waals surface area contributed by atoms with Crippen molar-refractivity contribution >= 4 is 0 Å². The van der Waals surface area contributed by atoms with E-state index in [-0.39, 0.29) is 6.10 Å². The molecule has 0 saturated carbocycles. The van der Waals surface area contributed by atoms with Crippen molar-refractivity contribution in [2.45, 2.75) is 6.10 Å². The second-order valence-corrected chi connectivity index (χ2v) is 4.55. The zero-order chi connectivity index (χ0) is 15.1. The summed E-state index contributed by atoms with van der Waals surface area (Å²) in [5.74, 6) is 1.66. The van der Waals surface area contributed by atoms with Gasteiger partial charge >= 0.3 is 0 Å². The van der Waals surface area contributed by atoms with E-state index in [0.29, 0.717) is 6.61 Å². The Morgan fingerprint density at radius 1 is 0.857 bits per heavy atom. The molecule has 0 aliphatic carbocycles. The van der Waals surface area contributed by atoms with E-state index < -0.39 is 0 Å². The first-order valence-electron chi connectivity index (χ1n) is 6.79. The van der Waals surface area contributed by atoms with E-state index in [1.54, 1.807) is 20.3 Å². The average Bonchev–Trinajstić information content (AvgIpc) is 2.56. The van der Waals surface area contributed by atoms with Crippen LogP contribution in [0.15, 0.2) is 61.2 Å². The van der Waals surface area contributed by atoms with Gasteiger partial charge in [0.2, 0.25) is 0 Å². The Kier molecular flexibility index (Phi) is 5.41. The highest BCUT2D eigenvalue weighted by Crippen LogP contribution is 2.28. The van der Waals surface area contributed by atoms with E-state index in [9.17, 15) is 0 Å². The highest BCUT2D eigenvalue weighted by Gasteiger charge is 2.14. The van der Waals surface area contributed by atoms with Crippen molar-refractivity contribution in [3.63, 3.8) is 0 Å². The summed E-state index contributed by atoms with van der Waals surface area (Å²) in [6, 6.07) is 15.8. The summed E-state index contributed by atoms with van der Waals surface area (Å²) in [4.78, 5) is 0. The average molecular weight is 284 g/mol. The fourth-order valence-corrected chi connectivity index (χ4v) is 2.11. The zero-order valence-electron chi connectivity index (χ0n) is 12.4. The van der Waals surface area contributed by atoms with Crippen molar-refractivity contribution in [2.24, 2.45) is 0 Å². The lowest BCUT2D eigenvalue weighted by molar-refractivity contribution is 0.104. The summed E-state index contributed by atoms with van der Waals surface area (Å²) in [5, 5.41) is 0. The lowest BCUT2D eigenvalue weighted by Crippen LogP contribution is -2.06. The molecule has 0 atom stereocenters. The maximum atomic E-state index is 5.91. The van der Waals surface area contributed by atoms with E-state index in [1.807, 2.05) is 48.5 Å². The molecule has 0 aromatic heterocycles. The predicted molar refractivity (Wildman–Crippen MR) is 84.0 cm³/mol. The maximum absolute atomic E-state index is 5.91. The fraction of sp³-hybridized carbons (Fsp3) is 0.222. The molecule has 0 saturated heterocycles. The molecule has 0 radical (unpaired) electrons. The molecule has 0 fully saturated rings. The molecule has 3 heteroatoms. The Hall–Kier alpha value is -2.26. The van der Waals surface area contributed by atoms with Crippen molar-refractivity contribution in [3.8, 4) is 11.5 Å². The normalized spacial score (nSPS) is 10.4. The molecule has 110 valence electrons. The number of hydrogen-bond acceptors (Lipinski definition) is 3. The van der Waals surface area contributed by atoms with Crippen LogP contribution in [0.1, 0.15) is 17.2 Å². The molecule has 2 aromatic carbocycles. The number of hydrogen-bond donors (Lipinski definition) is 0. The smallest absolute Gasteiger partial charge is 0.118 e. The third-order valence-electron chi connectivity index (χ3n) is 3.22. The third kappa shape index (κ3) is 3.86. The van der Waals surface area contributed by atoms with Crippen molar-refractivity contribution < 1.29 is 14.2 Å². The first-order valence-corrected chi connectivity index (χ1v) is 6.79. The summed E-state index contributed by atoms with van der Waals surface area (Å²) in [6.45, 7) is 4.20. The Morgan fingerprint density at radius 2 is 1.29 bits per heavy atom. The molecule has 0 N–H and O–H groups in total. The summed E-state index contributed by atoms with van der Waals surface area (Å²) in [5.41, 5.74) is 2.14. The maximum Gasteiger partial charge on any atom is 0.118 e. The van der Waals surface area contributed by atoms with E-state index >= 15 is 0 Å². The van der Waals surface area contributed by atoms with Crippen molar-refractivity contribution in [1.29, 1.82) is 0 Å². The topological polar surface area (TPSA) is 27.7 Å². The molecule has 0 unspecified atom stereocenters. The quantitative estimate of drug-likeness (QED) is 0.719. The van der Waals surface area contributed by atoms with E-state index in [4.69, 9.17) is 14.2 Å². The Labute approximate surface area is 125 Å². The minimum atomic E-state index is -0.139. The minimum Gasteiger partial charge on any atom is -0.497 e. The third-order valence-corrected chi connectivity index (χ3v) is 3.22. The second-order valence-electron chi connectivity index (χ2n) is 4.55. The highest BCUT2D eigenvalue weighted by atomic mass is 16.5. The van der Waals surface area contributed by atoms with E-state index in [0.717, 1.165) is 22.6 Å². The number of ether oxygens (including phenoxy) is 3. The highest BCUT2D eigenvalue weighted by molar-refractivity contribution is 5.36. The van der Waals surface area contributed by atoms with Crippen LogP contribution in [-0.2, 0) is 4.74 Å². The monoisotopic (exact) mass is 284 g/mol. The SMILES string of the molecule is C=CCOC(c1ccc(OC)cc1)c1ccc(OC)cc1. The van der Waals surface area contributed by atoms with Crippen LogP contribution in [0.3, 0.4) is 0 Å². The Balaban J connectivity index is 2.28. The van der Waals surface area contributed by atoms with Crippen LogP contribution in [0.5, 0.6) is 11.5 Å². The Bertz CT molecular complexity index is 511. The molecule has 0 amide bonds. The summed E-state index contributed by atoms with van der Waals surface area (Å²) < 4.78 is 16.3. The molecule has 0 heterocycles. The van der Waals surface area contributed by atoms with Gasteiger partial charge in [-0.05, 0) is 35.4 Å². The molecule has 2 aromatic rings. The molecule has 21 heavy (non-hydrogen) atoms. The van der Waals surface area contributed by atoms with Gasteiger partial charge in [0.25, 0.3) is 0 Å². The Morgan fingerprint density at radius 3 is 1.62 bits per heavy atom. The van der Waals surface area contributed by atoms with Crippen molar-refractivity contribution in [3.05, 3.63) is 72.3 Å². The van der Waals surface area contributed by atoms with Crippen LogP contribution in [0.4, 0.5) is 0 Å². The van der Waals surface area contributed by atoms with Crippen molar-refractivity contribution in [2.75, 3.05) is 20.8 Å². The van der Waals surface area contributed by atoms with Gasteiger partial charge in [-0.25, -0.2) is 0 Å². The standard InChI is InChI=1S/C18H20O3/c1-4-13-21-18(14-5-9-16(19-2)10-6-14)15-7-11-17(20-3)12-8-15/h4-12,18H,1,13H2,2-3H3. The largest absolute Gasteiger partial charge is 0.497 e. The van der Waals surface area contributed by atoms with Crippen LogP contribution in [0.25, 0.3) is 0 Å². The van der Waals surface area contributed by atoms with Crippen LogP contribution >= 0.6 is 0 Å². The fourth-order valence-electron chi connectivity index (χ4n) is 2.11. The second kappa shape index (κ2) is 7.50. The first-order chi connectivity index (χ1) is 10.3. The van der Waals surface area contributed by atoms with Crippen LogP contribution in [-0.4, -0.2) is 20.8 Å². The molecule has 0 aliphatic heterocycles. The molecule has 3 nitrogen and oxygen atoms in total. The number of benzene rings is 2. The van der Waals surface area contributed by atoms with Gasteiger partial charge in [0, 0.05) is 0 Å².